The molecule has 0 spiro atoms. The molecule has 8 nitrogen and oxygen atoms in total. The van der Waals surface area contributed by atoms with Crippen molar-refractivity contribution in [3.05, 3.63) is 113 Å². The molecule has 0 atom stereocenters. The zero-order chi connectivity index (χ0) is 29.5. The minimum atomic E-state index is -0.478. The molecule has 0 aliphatic rings. The van der Waals surface area contributed by atoms with Gasteiger partial charge in [-0.2, -0.15) is 5.10 Å². The molecular formula is C34H31N3O5. The maximum absolute atomic E-state index is 13.3. The van der Waals surface area contributed by atoms with Crippen molar-refractivity contribution in [2.24, 2.45) is 5.10 Å². The third kappa shape index (κ3) is 6.33. The fourth-order valence-electron chi connectivity index (χ4n) is 4.61. The molecule has 0 bridgehead atoms. The van der Waals surface area contributed by atoms with Crippen LogP contribution in [0.25, 0.3) is 22.0 Å². The largest absolute Gasteiger partial charge is 0.494 e. The van der Waals surface area contributed by atoms with Gasteiger partial charge in [-0.05, 0) is 80.4 Å². The number of nitrogens with zero attached hydrogens (tertiary/aromatic N) is 1. The van der Waals surface area contributed by atoms with Crippen LogP contribution in [0.15, 0.2) is 96.1 Å². The Bertz CT molecular complexity index is 1760. The Morgan fingerprint density at radius 3 is 2.43 bits per heavy atom. The van der Waals surface area contributed by atoms with E-state index in [-0.39, 0.29) is 0 Å². The van der Waals surface area contributed by atoms with Gasteiger partial charge in [-0.15, -0.1) is 0 Å². The van der Waals surface area contributed by atoms with E-state index in [1.54, 1.807) is 36.4 Å². The molecule has 1 aromatic heterocycles. The summed E-state index contributed by atoms with van der Waals surface area (Å²) in [5.41, 5.74) is 7.53. The number of benzene rings is 4. The summed E-state index contributed by atoms with van der Waals surface area (Å²) < 4.78 is 17.0. The normalized spacial score (nSPS) is 11.0. The molecule has 0 saturated heterocycles. The molecule has 42 heavy (non-hydrogen) atoms. The molecule has 0 fully saturated rings. The summed E-state index contributed by atoms with van der Waals surface area (Å²) in [5, 5.41) is 5.06. The molecule has 1 amide bonds. The van der Waals surface area contributed by atoms with Crippen LogP contribution in [-0.4, -0.2) is 36.3 Å². The van der Waals surface area contributed by atoms with Gasteiger partial charge in [0.1, 0.15) is 11.4 Å². The Kier molecular flexibility index (Phi) is 8.63. The van der Waals surface area contributed by atoms with E-state index < -0.39 is 11.9 Å². The van der Waals surface area contributed by atoms with Gasteiger partial charge in [-0.3, -0.25) is 4.79 Å². The maximum atomic E-state index is 13.3. The van der Waals surface area contributed by atoms with E-state index in [1.165, 1.54) is 6.21 Å². The SMILES string of the molecule is CCOc1ccc2[nH]c(C(=O)NN=Cc3ccc(OC(=O)c4cccc(C)c4)c(OCC)c3)c(-c3ccccc3)c2c1. The predicted octanol–water partition coefficient (Wildman–Crippen LogP) is 6.92. The molecule has 2 N–H and O–H groups in total. The second-order valence-electron chi connectivity index (χ2n) is 9.48. The summed E-state index contributed by atoms with van der Waals surface area (Å²) in [5.74, 6) is 0.536. The van der Waals surface area contributed by atoms with Crippen molar-refractivity contribution in [1.29, 1.82) is 0 Å². The second-order valence-corrected chi connectivity index (χ2v) is 9.48. The molecule has 0 aliphatic carbocycles. The maximum Gasteiger partial charge on any atom is 0.343 e. The molecule has 212 valence electrons. The summed E-state index contributed by atoms with van der Waals surface area (Å²) in [7, 11) is 0. The van der Waals surface area contributed by atoms with Gasteiger partial charge in [-0.25, -0.2) is 10.2 Å². The lowest BCUT2D eigenvalue weighted by Gasteiger charge is -2.11. The zero-order valence-electron chi connectivity index (χ0n) is 23.6. The van der Waals surface area contributed by atoms with Crippen molar-refractivity contribution >= 4 is 29.0 Å². The van der Waals surface area contributed by atoms with Crippen molar-refractivity contribution in [3.63, 3.8) is 0 Å². The van der Waals surface area contributed by atoms with E-state index in [2.05, 4.69) is 15.5 Å². The van der Waals surface area contributed by atoms with E-state index in [4.69, 9.17) is 14.2 Å². The van der Waals surface area contributed by atoms with E-state index in [9.17, 15) is 9.59 Å². The summed E-state index contributed by atoms with van der Waals surface area (Å²) >= 11 is 0. The fourth-order valence-corrected chi connectivity index (χ4v) is 4.61. The van der Waals surface area contributed by atoms with Gasteiger partial charge in [0.05, 0.1) is 25.0 Å². The molecule has 5 rings (SSSR count). The first-order chi connectivity index (χ1) is 20.5. The topological polar surface area (TPSA) is 102 Å². The van der Waals surface area contributed by atoms with Gasteiger partial charge < -0.3 is 19.2 Å². The number of hydrogen-bond donors (Lipinski definition) is 2. The number of H-pyrrole nitrogens is 1. The number of hydrogen-bond acceptors (Lipinski definition) is 6. The number of fused-ring (bicyclic) bond motifs is 1. The standard InChI is InChI=1S/C34H31N3O5/c1-4-40-26-15-16-28-27(20-26)31(24-11-7-6-8-12-24)32(36-28)33(38)37-35-21-23-14-17-29(30(19-23)41-5-2)42-34(39)25-13-9-10-22(3)18-25/h6-21,36H,4-5H2,1-3H3,(H,37,38). The number of esters is 1. The lowest BCUT2D eigenvalue weighted by molar-refractivity contribution is 0.0728. The number of amides is 1. The third-order valence-corrected chi connectivity index (χ3v) is 6.47. The van der Waals surface area contributed by atoms with Crippen molar-refractivity contribution < 1.29 is 23.8 Å². The summed E-state index contributed by atoms with van der Waals surface area (Å²) in [6.07, 6.45) is 1.50. The number of hydrazone groups is 1. The van der Waals surface area contributed by atoms with E-state index in [0.717, 1.165) is 33.3 Å². The van der Waals surface area contributed by atoms with Crippen molar-refractivity contribution in [3.8, 4) is 28.4 Å². The van der Waals surface area contributed by atoms with Crippen LogP contribution >= 0.6 is 0 Å². The molecular weight excluding hydrogens is 530 g/mol. The van der Waals surface area contributed by atoms with Crippen molar-refractivity contribution in [2.75, 3.05) is 13.2 Å². The highest BCUT2D eigenvalue weighted by Gasteiger charge is 2.20. The van der Waals surface area contributed by atoms with Gasteiger partial charge in [0.25, 0.3) is 5.91 Å². The average molecular weight is 562 g/mol. The zero-order valence-corrected chi connectivity index (χ0v) is 23.6. The number of ether oxygens (including phenoxy) is 3. The van der Waals surface area contributed by atoms with Gasteiger partial charge in [0.2, 0.25) is 0 Å². The summed E-state index contributed by atoms with van der Waals surface area (Å²) in [6, 6.07) is 27.7. The van der Waals surface area contributed by atoms with Crippen LogP contribution in [0.4, 0.5) is 0 Å². The van der Waals surface area contributed by atoms with E-state index >= 15 is 0 Å². The Hall–Kier alpha value is -5.37. The van der Waals surface area contributed by atoms with Crippen LogP contribution in [-0.2, 0) is 0 Å². The monoisotopic (exact) mass is 561 g/mol. The number of carbonyl (C=O) groups excluding carboxylic acids is 2. The fraction of sp³-hybridized carbons (Fsp3) is 0.147. The van der Waals surface area contributed by atoms with Crippen LogP contribution in [0, 0.1) is 6.92 Å². The van der Waals surface area contributed by atoms with Crippen molar-refractivity contribution in [2.45, 2.75) is 20.8 Å². The van der Waals surface area contributed by atoms with Crippen LogP contribution in [0.2, 0.25) is 0 Å². The smallest absolute Gasteiger partial charge is 0.343 e. The number of carbonyl (C=O) groups is 2. The molecule has 5 aromatic rings. The highest BCUT2D eigenvalue weighted by atomic mass is 16.6. The molecule has 1 heterocycles. The quantitative estimate of drug-likeness (QED) is 0.0834. The first kappa shape index (κ1) is 28.2. The Morgan fingerprint density at radius 2 is 1.67 bits per heavy atom. The molecule has 0 saturated carbocycles. The molecule has 4 aromatic carbocycles. The first-order valence-electron chi connectivity index (χ1n) is 13.7. The highest BCUT2D eigenvalue weighted by Crippen LogP contribution is 2.35. The molecule has 0 unspecified atom stereocenters. The minimum absolute atomic E-state index is 0.293. The Balaban J connectivity index is 1.37. The van der Waals surface area contributed by atoms with Gasteiger partial charge in [0.15, 0.2) is 11.5 Å². The predicted molar refractivity (Wildman–Crippen MR) is 164 cm³/mol. The molecule has 0 aliphatic heterocycles. The summed E-state index contributed by atoms with van der Waals surface area (Å²) in [6.45, 7) is 6.60. The van der Waals surface area contributed by atoms with Gasteiger partial charge >= 0.3 is 5.97 Å². The van der Waals surface area contributed by atoms with Crippen LogP contribution in [0.1, 0.15) is 45.8 Å². The lowest BCUT2D eigenvalue weighted by Crippen LogP contribution is -2.18. The van der Waals surface area contributed by atoms with Gasteiger partial charge in [0, 0.05) is 16.5 Å². The number of rotatable bonds is 10. The second kappa shape index (κ2) is 12.9. The average Bonchev–Trinajstić information content (AvgIpc) is 3.38. The number of aromatic amines is 1. The number of aryl methyl sites for hydroxylation is 1. The van der Waals surface area contributed by atoms with Crippen LogP contribution in [0.3, 0.4) is 0 Å². The van der Waals surface area contributed by atoms with E-state index in [1.807, 2.05) is 75.4 Å². The van der Waals surface area contributed by atoms with Gasteiger partial charge in [-0.1, -0.05) is 48.0 Å². The number of nitrogens with one attached hydrogen (secondary N) is 2. The Labute approximate surface area is 243 Å². The number of aromatic nitrogens is 1. The third-order valence-electron chi connectivity index (χ3n) is 6.47. The molecule has 8 heteroatoms. The molecule has 0 radical (unpaired) electrons. The van der Waals surface area contributed by atoms with Crippen LogP contribution < -0.4 is 19.6 Å². The van der Waals surface area contributed by atoms with E-state index in [0.29, 0.717) is 41.5 Å². The minimum Gasteiger partial charge on any atom is -0.494 e. The van der Waals surface area contributed by atoms with Crippen LogP contribution in [0.5, 0.6) is 17.2 Å². The Morgan fingerprint density at radius 1 is 0.857 bits per heavy atom. The lowest BCUT2D eigenvalue weighted by atomic mass is 10.0. The highest BCUT2D eigenvalue weighted by molar-refractivity contribution is 6.10. The first-order valence-corrected chi connectivity index (χ1v) is 13.7. The summed E-state index contributed by atoms with van der Waals surface area (Å²) in [4.78, 5) is 29.3. The van der Waals surface area contributed by atoms with Crippen molar-refractivity contribution in [1.82, 2.24) is 10.4 Å².